The number of thioether (sulfide) groups is 1. The van der Waals surface area contributed by atoms with Crippen LogP contribution in [0, 0.1) is 0 Å². The molecule has 0 aliphatic heterocycles. The molecule has 0 saturated heterocycles. The molecule has 0 spiro atoms. The number of aliphatic hydroxyl groups is 1. The highest BCUT2D eigenvalue weighted by Crippen LogP contribution is 2.24. The molecule has 1 heterocycles. The summed E-state index contributed by atoms with van der Waals surface area (Å²) in [6.45, 7) is 0.0420. The molecule has 0 aliphatic carbocycles. The smallest absolute Gasteiger partial charge is 0.214 e. The van der Waals surface area contributed by atoms with Crippen LogP contribution in [0.1, 0.15) is 11.1 Å². The van der Waals surface area contributed by atoms with Gasteiger partial charge in [0.25, 0.3) is 0 Å². The van der Waals surface area contributed by atoms with E-state index in [1.54, 1.807) is 16.4 Å². The lowest BCUT2D eigenvalue weighted by atomic mass is 10.1. The summed E-state index contributed by atoms with van der Waals surface area (Å²) in [4.78, 5) is 0. The van der Waals surface area contributed by atoms with E-state index in [9.17, 15) is 5.11 Å². The third-order valence-corrected chi connectivity index (χ3v) is 4.06. The van der Waals surface area contributed by atoms with Crippen molar-refractivity contribution in [1.82, 2.24) is 20.2 Å². The van der Waals surface area contributed by atoms with Crippen LogP contribution in [0.5, 0.6) is 0 Å². The molecular formula is C15H14N4OS. The molecule has 0 unspecified atom stereocenters. The Hall–Kier alpha value is -2.18. The molecule has 2 aromatic carbocycles. The predicted octanol–water partition coefficient (Wildman–Crippen LogP) is 2.45. The van der Waals surface area contributed by atoms with Crippen molar-refractivity contribution in [3.63, 3.8) is 0 Å². The van der Waals surface area contributed by atoms with Gasteiger partial charge in [-0.1, -0.05) is 54.2 Å². The summed E-state index contributed by atoms with van der Waals surface area (Å²) in [7, 11) is 0. The fraction of sp³-hybridized carbons (Fsp3) is 0.133. The molecule has 0 atom stereocenters. The van der Waals surface area contributed by atoms with Crippen LogP contribution < -0.4 is 0 Å². The molecule has 3 rings (SSSR count). The maximum atomic E-state index is 9.35. The summed E-state index contributed by atoms with van der Waals surface area (Å²) >= 11 is 1.55. The second kappa shape index (κ2) is 6.51. The van der Waals surface area contributed by atoms with Crippen LogP contribution in [-0.2, 0) is 12.4 Å². The number of para-hydroxylation sites is 1. The zero-order chi connectivity index (χ0) is 14.5. The maximum Gasteiger partial charge on any atom is 0.214 e. The first-order valence-electron chi connectivity index (χ1n) is 6.52. The Labute approximate surface area is 126 Å². The van der Waals surface area contributed by atoms with Crippen LogP contribution in [0.3, 0.4) is 0 Å². The summed E-state index contributed by atoms with van der Waals surface area (Å²) in [5.41, 5.74) is 2.96. The number of aromatic nitrogens is 4. The molecule has 0 bridgehead atoms. The fourth-order valence-corrected chi connectivity index (χ4v) is 2.92. The van der Waals surface area contributed by atoms with Gasteiger partial charge >= 0.3 is 0 Å². The van der Waals surface area contributed by atoms with E-state index in [4.69, 9.17) is 0 Å². The predicted molar refractivity (Wildman–Crippen MR) is 81.1 cm³/mol. The second-order valence-corrected chi connectivity index (χ2v) is 5.37. The van der Waals surface area contributed by atoms with E-state index in [2.05, 4.69) is 15.5 Å². The van der Waals surface area contributed by atoms with Gasteiger partial charge in [0.05, 0.1) is 12.3 Å². The van der Waals surface area contributed by atoms with Crippen LogP contribution in [0.15, 0.2) is 59.8 Å². The number of benzene rings is 2. The first-order valence-corrected chi connectivity index (χ1v) is 7.51. The van der Waals surface area contributed by atoms with Gasteiger partial charge in [0.2, 0.25) is 5.16 Å². The van der Waals surface area contributed by atoms with Crippen LogP contribution in [0.25, 0.3) is 5.69 Å². The van der Waals surface area contributed by atoms with E-state index >= 15 is 0 Å². The lowest BCUT2D eigenvalue weighted by Crippen LogP contribution is -1.99. The van der Waals surface area contributed by atoms with Crippen molar-refractivity contribution in [3.8, 4) is 5.69 Å². The zero-order valence-corrected chi connectivity index (χ0v) is 12.1. The molecule has 0 amide bonds. The summed E-state index contributed by atoms with van der Waals surface area (Å²) in [6.07, 6.45) is 0. The van der Waals surface area contributed by atoms with Crippen LogP contribution in [0.4, 0.5) is 0 Å². The van der Waals surface area contributed by atoms with E-state index < -0.39 is 0 Å². The summed E-state index contributed by atoms with van der Waals surface area (Å²) in [5, 5.41) is 21.9. The molecule has 0 fully saturated rings. The van der Waals surface area contributed by atoms with Crippen molar-refractivity contribution < 1.29 is 5.11 Å². The first kappa shape index (κ1) is 13.8. The average Bonchev–Trinajstić information content (AvgIpc) is 3.02. The van der Waals surface area contributed by atoms with Crippen LogP contribution in [-0.4, -0.2) is 25.3 Å². The highest BCUT2D eigenvalue weighted by molar-refractivity contribution is 7.98. The highest BCUT2D eigenvalue weighted by atomic mass is 32.2. The van der Waals surface area contributed by atoms with Gasteiger partial charge in [0, 0.05) is 5.75 Å². The second-order valence-electron chi connectivity index (χ2n) is 4.42. The molecule has 1 N–H and O–H groups in total. The number of hydrogen-bond donors (Lipinski definition) is 1. The van der Waals surface area contributed by atoms with E-state index in [1.165, 1.54) is 0 Å². The third kappa shape index (κ3) is 3.12. The largest absolute Gasteiger partial charge is 0.392 e. The summed E-state index contributed by atoms with van der Waals surface area (Å²) in [5.74, 6) is 0.712. The normalized spacial score (nSPS) is 10.7. The molecule has 5 nitrogen and oxygen atoms in total. The van der Waals surface area contributed by atoms with E-state index in [-0.39, 0.29) is 6.61 Å². The van der Waals surface area contributed by atoms with Crippen molar-refractivity contribution in [2.75, 3.05) is 0 Å². The number of nitrogens with zero attached hydrogens (tertiary/aromatic N) is 4. The van der Waals surface area contributed by atoms with Gasteiger partial charge < -0.3 is 5.11 Å². The van der Waals surface area contributed by atoms with Crippen molar-refractivity contribution in [1.29, 1.82) is 0 Å². The minimum absolute atomic E-state index is 0.0420. The topological polar surface area (TPSA) is 63.8 Å². The lowest BCUT2D eigenvalue weighted by Gasteiger charge is -2.07. The molecule has 6 heteroatoms. The Bertz CT molecular complexity index is 714. The van der Waals surface area contributed by atoms with E-state index in [1.807, 2.05) is 54.6 Å². The SMILES string of the molecule is OCc1ccccc1CSc1nnnn1-c1ccccc1. The Kier molecular flexibility index (Phi) is 4.28. The monoisotopic (exact) mass is 298 g/mol. The van der Waals surface area contributed by atoms with Crippen molar-refractivity contribution in [2.24, 2.45) is 0 Å². The molecule has 0 saturated carbocycles. The fourth-order valence-electron chi connectivity index (χ4n) is 2.00. The Morgan fingerprint density at radius 2 is 1.67 bits per heavy atom. The summed E-state index contributed by atoms with van der Waals surface area (Å²) in [6, 6.07) is 17.6. The number of aliphatic hydroxyl groups excluding tert-OH is 1. The molecule has 0 radical (unpaired) electrons. The van der Waals surface area contributed by atoms with Gasteiger partial charge in [-0.05, 0) is 33.7 Å². The minimum Gasteiger partial charge on any atom is -0.392 e. The average molecular weight is 298 g/mol. The zero-order valence-electron chi connectivity index (χ0n) is 11.3. The van der Waals surface area contributed by atoms with Crippen molar-refractivity contribution >= 4 is 11.8 Å². The molecule has 21 heavy (non-hydrogen) atoms. The van der Waals surface area contributed by atoms with Crippen molar-refractivity contribution in [2.45, 2.75) is 17.5 Å². The Morgan fingerprint density at radius 1 is 0.952 bits per heavy atom. The molecular weight excluding hydrogens is 284 g/mol. The first-order chi connectivity index (χ1) is 10.4. The van der Waals surface area contributed by atoms with Gasteiger partial charge in [0.1, 0.15) is 0 Å². The Balaban J connectivity index is 1.79. The van der Waals surface area contributed by atoms with Crippen molar-refractivity contribution in [3.05, 3.63) is 65.7 Å². The molecule has 1 aromatic heterocycles. The van der Waals surface area contributed by atoms with Gasteiger partial charge in [-0.25, -0.2) is 0 Å². The number of rotatable bonds is 5. The van der Waals surface area contributed by atoms with Gasteiger partial charge in [-0.3, -0.25) is 0 Å². The van der Waals surface area contributed by atoms with E-state index in [0.29, 0.717) is 5.75 Å². The van der Waals surface area contributed by atoms with Gasteiger partial charge in [-0.2, -0.15) is 4.68 Å². The Morgan fingerprint density at radius 3 is 2.43 bits per heavy atom. The molecule has 0 aliphatic rings. The quantitative estimate of drug-likeness (QED) is 0.733. The summed E-state index contributed by atoms with van der Waals surface area (Å²) < 4.78 is 1.71. The highest BCUT2D eigenvalue weighted by Gasteiger charge is 2.10. The maximum absolute atomic E-state index is 9.35. The molecule has 3 aromatic rings. The standard InChI is InChI=1S/C15H14N4OS/c20-10-12-6-4-5-7-13(12)11-21-15-16-17-18-19(15)14-8-2-1-3-9-14/h1-9,20H,10-11H2. The van der Waals surface area contributed by atoms with Crippen LogP contribution in [0.2, 0.25) is 0 Å². The number of tetrazole rings is 1. The third-order valence-electron chi connectivity index (χ3n) is 3.09. The van der Waals surface area contributed by atoms with E-state index in [0.717, 1.165) is 22.0 Å². The minimum atomic E-state index is 0.0420. The van der Waals surface area contributed by atoms with Gasteiger partial charge in [-0.15, -0.1) is 5.10 Å². The lowest BCUT2D eigenvalue weighted by molar-refractivity contribution is 0.281. The van der Waals surface area contributed by atoms with Crippen LogP contribution >= 0.6 is 11.8 Å². The van der Waals surface area contributed by atoms with Gasteiger partial charge in [0.15, 0.2) is 0 Å². The molecule has 106 valence electrons. The number of hydrogen-bond acceptors (Lipinski definition) is 5.